The molecular weight excluding hydrogens is 299 g/mol. The average Bonchev–Trinajstić information content (AvgIpc) is 2.90. The summed E-state index contributed by atoms with van der Waals surface area (Å²) in [5.41, 5.74) is 0.863. The Bertz CT molecular complexity index is 798. The van der Waals surface area contributed by atoms with Crippen molar-refractivity contribution in [3.63, 3.8) is 0 Å². The Morgan fingerprint density at radius 3 is 2.45 bits per heavy atom. The molecule has 2 heterocycles. The van der Waals surface area contributed by atoms with Crippen molar-refractivity contribution >= 4 is 11.5 Å². The summed E-state index contributed by atoms with van der Waals surface area (Å²) in [6.07, 6.45) is -4.62. The van der Waals surface area contributed by atoms with Gasteiger partial charge in [0, 0.05) is 6.54 Å². The van der Waals surface area contributed by atoms with Crippen LogP contribution in [-0.4, -0.2) is 24.9 Å². The number of anilines is 1. The van der Waals surface area contributed by atoms with E-state index in [0.29, 0.717) is 11.1 Å². The van der Waals surface area contributed by atoms with E-state index in [1.807, 2.05) is 0 Å². The molecule has 1 aromatic carbocycles. The van der Waals surface area contributed by atoms with E-state index in [-0.39, 0.29) is 17.2 Å². The molecule has 0 amide bonds. The molecule has 0 radical (unpaired) electrons. The lowest BCUT2D eigenvalue weighted by molar-refractivity contribution is -0.146. The highest BCUT2D eigenvalue weighted by atomic mass is 19.4. The molecule has 0 saturated heterocycles. The summed E-state index contributed by atoms with van der Waals surface area (Å²) in [5, 5.41) is 22.5. The lowest BCUT2D eigenvalue weighted by Crippen LogP contribution is -2.13. The predicted molar refractivity (Wildman–Crippen MR) is 71.2 cm³/mol. The van der Waals surface area contributed by atoms with Crippen LogP contribution in [0.15, 0.2) is 36.4 Å². The van der Waals surface area contributed by atoms with Crippen molar-refractivity contribution in [3.8, 4) is 5.75 Å². The first-order chi connectivity index (χ1) is 10.4. The zero-order valence-corrected chi connectivity index (χ0v) is 11.0. The molecule has 0 atom stereocenters. The van der Waals surface area contributed by atoms with E-state index in [0.717, 1.165) is 5.56 Å². The average molecular weight is 309 g/mol. The number of halogens is 3. The Kier molecular flexibility index (Phi) is 3.32. The van der Waals surface area contributed by atoms with Gasteiger partial charge >= 0.3 is 6.18 Å². The van der Waals surface area contributed by atoms with E-state index in [2.05, 4.69) is 20.6 Å². The topological polar surface area (TPSA) is 75.3 Å². The number of aromatic hydroxyl groups is 1. The zero-order valence-electron chi connectivity index (χ0n) is 11.0. The number of nitrogens with zero attached hydrogens (tertiary/aromatic N) is 4. The van der Waals surface area contributed by atoms with E-state index < -0.39 is 12.0 Å². The predicted octanol–water partition coefficient (Wildman–Crippen LogP) is 2.46. The van der Waals surface area contributed by atoms with Gasteiger partial charge in [0.05, 0.1) is 0 Å². The van der Waals surface area contributed by atoms with Crippen molar-refractivity contribution in [2.75, 3.05) is 5.32 Å². The number of phenols is 1. The second-order valence-corrected chi connectivity index (χ2v) is 4.53. The summed E-state index contributed by atoms with van der Waals surface area (Å²) in [4.78, 5) is 0. The van der Waals surface area contributed by atoms with Gasteiger partial charge in [0.25, 0.3) is 5.82 Å². The van der Waals surface area contributed by atoms with Crippen LogP contribution in [-0.2, 0) is 12.7 Å². The Balaban J connectivity index is 1.83. The van der Waals surface area contributed by atoms with Crippen molar-refractivity contribution in [1.29, 1.82) is 0 Å². The standard InChI is InChI=1S/C13H10F3N5O/c14-13(15,16)12-19-18-11-6-5-10(20-21(11)12)17-7-8-1-3-9(22)4-2-8/h1-6,22H,7H2,(H,17,20). The lowest BCUT2D eigenvalue weighted by atomic mass is 10.2. The van der Waals surface area contributed by atoms with Crippen molar-refractivity contribution in [2.24, 2.45) is 0 Å². The number of phenolic OH excluding ortho intramolecular Hbond substituents is 1. The van der Waals surface area contributed by atoms with Gasteiger partial charge in [-0.15, -0.1) is 15.3 Å². The molecule has 2 aromatic heterocycles. The van der Waals surface area contributed by atoms with Crippen LogP contribution in [0, 0.1) is 0 Å². The molecule has 0 spiro atoms. The van der Waals surface area contributed by atoms with Crippen LogP contribution in [0.2, 0.25) is 0 Å². The Hall–Kier alpha value is -2.84. The Morgan fingerprint density at radius 1 is 1.05 bits per heavy atom. The van der Waals surface area contributed by atoms with Gasteiger partial charge in [0.15, 0.2) is 5.65 Å². The number of fused-ring (bicyclic) bond motifs is 1. The van der Waals surface area contributed by atoms with Gasteiger partial charge in [-0.2, -0.15) is 17.7 Å². The first kappa shape index (κ1) is 14.1. The molecule has 0 fully saturated rings. The molecule has 22 heavy (non-hydrogen) atoms. The monoisotopic (exact) mass is 309 g/mol. The maximum absolute atomic E-state index is 12.8. The van der Waals surface area contributed by atoms with Gasteiger partial charge in [-0.05, 0) is 29.8 Å². The van der Waals surface area contributed by atoms with E-state index in [1.165, 1.54) is 24.3 Å². The molecule has 3 aromatic rings. The van der Waals surface area contributed by atoms with Crippen LogP contribution in [0.4, 0.5) is 19.0 Å². The number of rotatable bonds is 3. The number of alkyl halides is 3. The minimum atomic E-state index is -4.62. The van der Waals surface area contributed by atoms with E-state index >= 15 is 0 Å². The summed E-state index contributed by atoms with van der Waals surface area (Å²) in [5.74, 6) is -0.774. The summed E-state index contributed by atoms with van der Waals surface area (Å²) in [7, 11) is 0. The SMILES string of the molecule is Oc1ccc(CNc2ccc3nnc(C(F)(F)F)n3n2)cc1. The fraction of sp³-hybridized carbons (Fsp3) is 0.154. The van der Waals surface area contributed by atoms with Gasteiger partial charge in [0.2, 0.25) is 0 Å². The zero-order chi connectivity index (χ0) is 15.7. The van der Waals surface area contributed by atoms with Crippen LogP contribution in [0.25, 0.3) is 5.65 Å². The first-order valence-electron chi connectivity index (χ1n) is 6.25. The normalized spacial score (nSPS) is 11.8. The highest BCUT2D eigenvalue weighted by Gasteiger charge is 2.37. The third-order valence-corrected chi connectivity index (χ3v) is 2.93. The smallest absolute Gasteiger partial charge is 0.453 e. The molecular formula is C13H10F3N5O. The summed E-state index contributed by atoms with van der Waals surface area (Å²) in [6, 6.07) is 9.35. The maximum atomic E-state index is 12.8. The van der Waals surface area contributed by atoms with E-state index in [4.69, 9.17) is 0 Å². The fourth-order valence-corrected chi connectivity index (χ4v) is 1.87. The molecule has 114 valence electrons. The molecule has 2 N–H and O–H groups in total. The number of benzene rings is 1. The van der Waals surface area contributed by atoms with Crippen molar-refractivity contribution in [1.82, 2.24) is 19.8 Å². The summed E-state index contributed by atoms with van der Waals surface area (Å²) in [6.45, 7) is 0.349. The third kappa shape index (κ3) is 2.78. The Morgan fingerprint density at radius 2 is 1.77 bits per heavy atom. The molecule has 3 rings (SSSR count). The lowest BCUT2D eigenvalue weighted by Gasteiger charge is -2.07. The molecule has 0 aliphatic rings. The minimum absolute atomic E-state index is 0.0162. The van der Waals surface area contributed by atoms with Gasteiger partial charge in [-0.3, -0.25) is 0 Å². The number of hydrogen-bond acceptors (Lipinski definition) is 5. The van der Waals surface area contributed by atoms with Crippen molar-refractivity contribution in [2.45, 2.75) is 12.7 Å². The number of aromatic nitrogens is 4. The second kappa shape index (κ2) is 5.17. The molecule has 6 nitrogen and oxygen atoms in total. The highest BCUT2D eigenvalue weighted by Crippen LogP contribution is 2.27. The van der Waals surface area contributed by atoms with Crippen LogP contribution in [0.1, 0.15) is 11.4 Å². The van der Waals surface area contributed by atoms with Gasteiger partial charge in [0.1, 0.15) is 11.6 Å². The molecule has 0 aliphatic carbocycles. The quantitative estimate of drug-likeness (QED) is 0.777. The minimum Gasteiger partial charge on any atom is -0.508 e. The van der Waals surface area contributed by atoms with Gasteiger partial charge in [-0.1, -0.05) is 12.1 Å². The van der Waals surface area contributed by atoms with E-state index in [1.54, 1.807) is 12.1 Å². The van der Waals surface area contributed by atoms with Crippen LogP contribution in [0.5, 0.6) is 5.75 Å². The van der Waals surface area contributed by atoms with Crippen LogP contribution in [0.3, 0.4) is 0 Å². The fourth-order valence-electron chi connectivity index (χ4n) is 1.87. The van der Waals surface area contributed by atoms with E-state index in [9.17, 15) is 18.3 Å². The van der Waals surface area contributed by atoms with Gasteiger partial charge < -0.3 is 10.4 Å². The maximum Gasteiger partial charge on any atom is 0.453 e. The van der Waals surface area contributed by atoms with Crippen molar-refractivity contribution < 1.29 is 18.3 Å². The molecule has 9 heteroatoms. The Labute approximate surface area is 122 Å². The summed E-state index contributed by atoms with van der Waals surface area (Å²) >= 11 is 0. The highest BCUT2D eigenvalue weighted by molar-refractivity contribution is 5.44. The molecule has 0 unspecified atom stereocenters. The van der Waals surface area contributed by atoms with Crippen molar-refractivity contribution in [3.05, 3.63) is 47.8 Å². The number of hydrogen-bond donors (Lipinski definition) is 2. The molecule has 0 aliphatic heterocycles. The van der Waals surface area contributed by atoms with Gasteiger partial charge in [-0.25, -0.2) is 0 Å². The van der Waals surface area contributed by atoms with Crippen LogP contribution >= 0.6 is 0 Å². The second-order valence-electron chi connectivity index (χ2n) is 4.53. The first-order valence-corrected chi connectivity index (χ1v) is 6.25. The largest absolute Gasteiger partial charge is 0.508 e. The third-order valence-electron chi connectivity index (χ3n) is 2.93. The summed E-state index contributed by atoms with van der Waals surface area (Å²) < 4.78 is 38.9. The molecule has 0 saturated carbocycles. The molecule has 0 bridgehead atoms. The number of nitrogens with one attached hydrogen (secondary N) is 1. The van der Waals surface area contributed by atoms with Crippen LogP contribution < -0.4 is 5.32 Å².